The van der Waals surface area contributed by atoms with E-state index in [1.165, 1.54) is 29.4 Å². The Bertz CT molecular complexity index is 1310. The van der Waals surface area contributed by atoms with E-state index in [0.29, 0.717) is 32.0 Å². The lowest BCUT2D eigenvalue weighted by molar-refractivity contribution is -0.140. The second-order valence-corrected chi connectivity index (χ2v) is 12.5. The molecular formula is C35H44O6S. The van der Waals surface area contributed by atoms with E-state index >= 15 is 0 Å². The fraction of sp³-hybridized carbons (Fsp3) is 0.457. The Morgan fingerprint density at radius 3 is 2.24 bits per heavy atom. The molecule has 3 aromatic rings. The minimum atomic E-state index is -0.631. The van der Waals surface area contributed by atoms with Crippen molar-refractivity contribution in [3.8, 4) is 22.6 Å². The van der Waals surface area contributed by atoms with E-state index in [0.717, 1.165) is 72.8 Å². The molecule has 0 atom stereocenters. The molecule has 0 spiro atoms. The highest BCUT2D eigenvalue weighted by atomic mass is 32.2. The van der Waals surface area contributed by atoms with E-state index in [2.05, 4.69) is 41.1 Å². The molecule has 1 aliphatic carbocycles. The number of hydrogen-bond donors (Lipinski definition) is 0. The molecule has 0 aromatic heterocycles. The quantitative estimate of drug-likeness (QED) is 0.244. The Kier molecular flexibility index (Phi) is 12.5. The van der Waals surface area contributed by atoms with Gasteiger partial charge in [0.05, 0.1) is 13.7 Å². The lowest BCUT2D eigenvalue weighted by Crippen LogP contribution is -2.23. The Balaban J connectivity index is 0.000000952. The first kappa shape index (κ1) is 31.8. The van der Waals surface area contributed by atoms with Crippen LogP contribution in [0.3, 0.4) is 0 Å². The van der Waals surface area contributed by atoms with Gasteiger partial charge in [0.2, 0.25) is 0 Å². The van der Waals surface area contributed by atoms with Crippen molar-refractivity contribution in [2.45, 2.75) is 58.5 Å². The third-order valence-electron chi connectivity index (χ3n) is 7.89. The Morgan fingerprint density at radius 1 is 0.833 bits per heavy atom. The lowest BCUT2D eigenvalue weighted by atomic mass is 9.95. The van der Waals surface area contributed by atoms with Gasteiger partial charge in [-0.2, -0.15) is 0 Å². The van der Waals surface area contributed by atoms with E-state index in [4.69, 9.17) is 14.2 Å². The van der Waals surface area contributed by atoms with E-state index in [-0.39, 0.29) is 5.97 Å². The van der Waals surface area contributed by atoms with Crippen LogP contribution < -0.4 is 9.47 Å². The number of esters is 1. The van der Waals surface area contributed by atoms with E-state index in [9.17, 15) is 9.00 Å². The summed E-state index contributed by atoms with van der Waals surface area (Å²) in [5, 5.41) is 0. The van der Waals surface area contributed by atoms with Crippen LogP contribution in [0.15, 0.2) is 60.7 Å². The van der Waals surface area contributed by atoms with Gasteiger partial charge < -0.3 is 18.9 Å². The number of aryl methyl sites for hydroxylation is 3. The molecule has 7 heteroatoms. The Hall–Kier alpha value is -3.16. The number of fused-ring (bicyclic) bond motifs is 3. The van der Waals surface area contributed by atoms with E-state index in [1.807, 2.05) is 31.2 Å². The van der Waals surface area contributed by atoms with Crippen molar-refractivity contribution < 1.29 is 28.0 Å². The molecule has 42 heavy (non-hydrogen) atoms. The van der Waals surface area contributed by atoms with Crippen molar-refractivity contribution in [2.24, 2.45) is 5.92 Å². The fourth-order valence-electron chi connectivity index (χ4n) is 5.27. The smallest absolute Gasteiger partial charge is 0.305 e. The molecule has 226 valence electrons. The minimum absolute atomic E-state index is 0.196. The molecule has 6 nitrogen and oxygen atoms in total. The van der Waals surface area contributed by atoms with Crippen molar-refractivity contribution in [3.05, 3.63) is 82.9 Å². The van der Waals surface area contributed by atoms with Gasteiger partial charge in [-0.3, -0.25) is 9.00 Å². The third-order valence-corrected chi connectivity index (χ3v) is 9.27. The van der Waals surface area contributed by atoms with Gasteiger partial charge in [0.15, 0.2) is 0 Å². The topological polar surface area (TPSA) is 71.1 Å². The fourth-order valence-corrected chi connectivity index (χ4v) is 6.67. The predicted molar refractivity (Wildman–Crippen MR) is 169 cm³/mol. The zero-order chi connectivity index (χ0) is 29.7. The van der Waals surface area contributed by atoms with Gasteiger partial charge in [0, 0.05) is 42.4 Å². The first-order valence-corrected chi connectivity index (χ1v) is 16.5. The molecule has 1 saturated heterocycles. The molecule has 1 heterocycles. The van der Waals surface area contributed by atoms with Crippen LogP contribution in [0.25, 0.3) is 11.1 Å². The summed E-state index contributed by atoms with van der Waals surface area (Å²) in [4.78, 5) is 11.4. The van der Waals surface area contributed by atoms with Gasteiger partial charge in [-0.25, -0.2) is 0 Å². The molecule has 0 radical (unpaired) electrons. The summed E-state index contributed by atoms with van der Waals surface area (Å²) in [5.74, 6) is 3.68. The van der Waals surface area contributed by atoms with Crippen LogP contribution in [-0.2, 0) is 50.9 Å². The number of hydrogen-bond acceptors (Lipinski definition) is 6. The average Bonchev–Trinajstić information content (AvgIpc) is 3.21. The van der Waals surface area contributed by atoms with Gasteiger partial charge in [-0.05, 0) is 115 Å². The maximum absolute atomic E-state index is 11.6. The van der Waals surface area contributed by atoms with E-state index < -0.39 is 10.8 Å². The highest BCUT2D eigenvalue weighted by Crippen LogP contribution is 2.35. The number of benzene rings is 3. The molecule has 3 aromatic carbocycles. The highest BCUT2D eigenvalue weighted by Gasteiger charge is 2.20. The van der Waals surface area contributed by atoms with Crippen molar-refractivity contribution in [2.75, 3.05) is 38.9 Å². The standard InChI is InChI=1S/C32H36O5S.C3H8O/c1-35-32(33)14-8-23-6-10-28(11-7-23)36-22-25-5-9-26-3-2-4-27-20-29(12-13-30(27)31(26)19-25)37-21-24-15-17-38(34)18-16-24;1-3-4-2/h5-7,9-13,19-20,24H,2-4,8,14-18,21-22H2,1H3;3H2,1-2H3. The average molecular weight is 593 g/mol. The van der Waals surface area contributed by atoms with Gasteiger partial charge in [-0.15, -0.1) is 0 Å². The van der Waals surface area contributed by atoms with Crippen LogP contribution in [-0.4, -0.2) is 49.1 Å². The summed E-state index contributed by atoms with van der Waals surface area (Å²) in [6, 6.07) is 21.1. The molecule has 0 bridgehead atoms. The largest absolute Gasteiger partial charge is 0.493 e. The number of carbonyl (C=O) groups is 1. The van der Waals surface area contributed by atoms with Crippen molar-refractivity contribution in [1.82, 2.24) is 0 Å². The number of rotatable bonds is 10. The summed E-state index contributed by atoms with van der Waals surface area (Å²) in [5.41, 5.74) is 7.52. The molecule has 0 amide bonds. The van der Waals surface area contributed by atoms with Crippen molar-refractivity contribution in [3.63, 3.8) is 0 Å². The van der Waals surface area contributed by atoms with Gasteiger partial charge >= 0.3 is 5.97 Å². The zero-order valence-electron chi connectivity index (χ0n) is 25.2. The molecular weight excluding hydrogens is 548 g/mol. The molecule has 0 saturated carbocycles. The van der Waals surface area contributed by atoms with Gasteiger partial charge in [-0.1, -0.05) is 30.3 Å². The summed E-state index contributed by atoms with van der Waals surface area (Å²) in [6.45, 7) is 3.98. The summed E-state index contributed by atoms with van der Waals surface area (Å²) < 4.78 is 33.2. The monoisotopic (exact) mass is 592 g/mol. The molecule has 0 N–H and O–H groups in total. The van der Waals surface area contributed by atoms with Crippen LogP contribution in [0, 0.1) is 5.92 Å². The summed E-state index contributed by atoms with van der Waals surface area (Å²) in [6.07, 6.45) is 6.25. The lowest BCUT2D eigenvalue weighted by Gasteiger charge is -2.22. The molecule has 1 fully saturated rings. The number of methoxy groups -OCH3 is 2. The maximum atomic E-state index is 11.6. The van der Waals surface area contributed by atoms with Crippen LogP contribution in [0.4, 0.5) is 0 Å². The molecule has 1 aliphatic heterocycles. The van der Waals surface area contributed by atoms with Crippen LogP contribution >= 0.6 is 0 Å². The predicted octanol–water partition coefficient (Wildman–Crippen LogP) is 6.72. The first-order valence-electron chi connectivity index (χ1n) is 15.0. The first-order chi connectivity index (χ1) is 20.5. The second kappa shape index (κ2) is 16.5. The molecule has 0 unspecified atom stereocenters. The summed E-state index contributed by atoms with van der Waals surface area (Å²) >= 11 is 0. The highest BCUT2D eigenvalue weighted by molar-refractivity contribution is 7.85. The Morgan fingerprint density at radius 2 is 1.52 bits per heavy atom. The number of ether oxygens (including phenoxy) is 4. The summed E-state index contributed by atoms with van der Waals surface area (Å²) in [7, 11) is 2.46. The van der Waals surface area contributed by atoms with E-state index in [1.54, 1.807) is 7.11 Å². The Labute approximate surface area is 253 Å². The maximum Gasteiger partial charge on any atom is 0.305 e. The zero-order valence-corrected chi connectivity index (χ0v) is 26.0. The molecule has 5 rings (SSSR count). The van der Waals surface area contributed by atoms with Gasteiger partial charge in [0.25, 0.3) is 0 Å². The SMILES string of the molecule is CCOC.COC(=O)CCc1ccc(OCc2ccc3c(c2)-c2ccc(OCC4CCS(=O)CC4)cc2CCC3)cc1. The minimum Gasteiger partial charge on any atom is -0.493 e. The van der Waals surface area contributed by atoms with Crippen molar-refractivity contribution >= 4 is 16.8 Å². The normalized spacial score (nSPS) is 17.5. The molecule has 2 aliphatic rings. The number of carbonyl (C=O) groups excluding carboxylic acids is 1. The van der Waals surface area contributed by atoms with Crippen LogP contribution in [0.2, 0.25) is 0 Å². The van der Waals surface area contributed by atoms with Crippen LogP contribution in [0.1, 0.15) is 54.9 Å². The van der Waals surface area contributed by atoms with Crippen LogP contribution in [0.5, 0.6) is 11.5 Å². The third kappa shape index (κ3) is 9.43. The second-order valence-electron chi connectivity index (χ2n) is 10.9. The van der Waals surface area contributed by atoms with Crippen molar-refractivity contribution in [1.29, 1.82) is 0 Å². The van der Waals surface area contributed by atoms with Gasteiger partial charge in [0.1, 0.15) is 18.1 Å².